The molecule has 1 aromatic carbocycles. The zero-order chi connectivity index (χ0) is 80.2. The quantitative estimate of drug-likeness (QED) is 0.0684. The third kappa shape index (κ3) is 16.0. The number of carbonyl (C=O) groups is 4. The third-order valence-electron chi connectivity index (χ3n) is 23.9. The Morgan fingerprint density at radius 2 is 0.684 bits per heavy atom. The Hall–Kier alpha value is -13.0. The lowest BCUT2D eigenvalue weighted by Crippen LogP contribution is -2.38. The average molecular weight is 1580 g/mol. The first kappa shape index (κ1) is 76.6. The molecule has 8 aliphatic rings. The van der Waals surface area contributed by atoms with Gasteiger partial charge in [-0.25, -0.2) is 29.6 Å². The van der Waals surface area contributed by atoms with Crippen molar-refractivity contribution in [1.29, 1.82) is 0 Å². The van der Waals surface area contributed by atoms with Gasteiger partial charge in [-0.2, -0.15) is 45.9 Å². The number of carbonyl (C=O) groups excluding carboxylic acids is 4. The number of benzene rings is 1. The van der Waals surface area contributed by atoms with Crippen molar-refractivity contribution in [3.63, 3.8) is 0 Å². The Labute approximate surface area is 675 Å². The predicted octanol–water partition coefficient (Wildman–Crippen LogP) is 10.0. The minimum absolute atomic E-state index is 0.0317. The summed E-state index contributed by atoms with van der Waals surface area (Å²) in [5.41, 5.74) is 8.32. The number of aryl methyl sites for hydroxylation is 6. The fourth-order valence-corrected chi connectivity index (χ4v) is 18.6. The van der Waals surface area contributed by atoms with Gasteiger partial charge in [-0.3, -0.25) is 24.2 Å². The van der Waals surface area contributed by atoms with Crippen molar-refractivity contribution < 1.29 is 38.1 Å². The van der Waals surface area contributed by atoms with E-state index in [4.69, 9.17) is 18.9 Å². The molecule has 19 heterocycles. The Bertz CT molecular complexity index is 5280. The molecule has 20 rings (SSSR count). The van der Waals surface area contributed by atoms with E-state index in [0.29, 0.717) is 102 Å². The maximum atomic E-state index is 13.6. The number of hydrogen-bond donors (Lipinski definition) is 0. The molecule has 32 heteroatoms. The van der Waals surface area contributed by atoms with Crippen molar-refractivity contribution in [1.82, 2.24) is 119 Å². The lowest BCUT2D eigenvalue weighted by atomic mass is 9.90. The number of nitrogens with zero attached hydrogens (tertiary/aromatic N) is 24. The summed E-state index contributed by atoms with van der Waals surface area (Å²) in [7, 11) is 1.86. The summed E-state index contributed by atoms with van der Waals surface area (Å²) >= 11 is 0. The van der Waals surface area contributed by atoms with Crippen LogP contribution in [0, 0.1) is 58.3 Å². The van der Waals surface area contributed by atoms with Crippen LogP contribution in [0.5, 0.6) is 23.3 Å². The predicted molar refractivity (Wildman–Crippen MR) is 425 cm³/mol. The highest BCUT2D eigenvalue weighted by atomic mass is 16.5. The van der Waals surface area contributed by atoms with Crippen LogP contribution in [0.2, 0.25) is 0 Å². The second-order valence-electron chi connectivity index (χ2n) is 31.2. The summed E-state index contributed by atoms with van der Waals surface area (Å²) in [5.74, 6) is 4.15. The third-order valence-corrected chi connectivity index (χ3v) is 23.9. The number of fused-ring (bicyclic) bond motifs is 8. The van der Waals surface area contributed by atoms with Crippen molar-refractivity contribution in [3.8, 4) is 46.0 Å². The monoisotopic (exact) mass is 1580 g/mol. The molecule has 12 aromatic rings. The minimum atomic E-state index is -0.0463. The van der Waals surface area contributed by atoms with E-state index in [1.54, 1.807) is 79.0 Å². The van der Waals surface area contributed by atoms with Crippen LogP contribution in [0.3, 0.4) is 0 Å². The second kappa shape index (κ2) is 33.8. The topological polar surface area (TPSA) is 336 Å². The maximum Gasteiger partial charge on any atom is 0.275 e. The van der Waals surface area contributed by atoms with Gasteiger partial charge in [-0.15, -0.1) is 19.2 Å². The Balaban J connectivity index is 0.000000112. The Morgan fingerprint density at radius 3 is 1.03 bits per heavy atom. The van der Waals surface area contributed by atoms with E-state index in [0.717, 1.165) is 123 Å². The summed E-state index contributed by atoms with van der Waals surface area (Å²) in [4.78, 5) is 94.8. The number of amides is 4. The second-order valence-corrected chi connectivity index (χ2v) is 31.2. The van der Waals surface area contributed by atoms with Gasteiger partial charge in [-0.1, -0.05) is 24.3 Å². The van der Waals surface area contributed by atoms with Crippen molar-refractivity contribution >= 4 is 23.6 Å². The van der Waals surface area contributed by atoms with Gasteiger partial charge in [-0.05, 0) is 191 Å². The molecule has 0 saturated carbocycles. The van der Waals surface area contributed by atoms with Crippen LogP contribution in [-0.4, -0.2) is 218 Å². The molecule has 0 radical (unpaired) electrons. The largest absolute Gasteiger partial charge is 0.493 e. The van der Waals surface area contributed by atoms with Gasteiger partial charge < -0.3 is 38.5 Å². The number of aromatic nitrogens is 20. The molecule has 32 nitrogen and oxygen atoms in total. The van der Waals surface area contributed by atoms with Crippen LogP contribution in [0.15, 0.2) is 184 Å². The number of pyridine rings is 6. The lowest BCUT2D eigenvalue weighted by molar-refractivity contribution is 0.0694. The van der Waals surface area contributed by atoms with Crippen LogP contribution in [0.4, 0.5) is 0 Å². The van der Waals surface area contributed by atoms with Gasteiger partial charge >= 0.3 is 0 Å². The average Bonchev–Trinajstić information content (AvgIpc) is 1.63. The highest BCUT2D eigenvalue weighted by Gasteiger charge is 2.54. The molecule has 0 aliphatic carbocycles. The van der Waals surface area contributed by atoms with Crippen molar-refractivity contribution in [2.75, 3.05) is 26.4 Å². The van der Waals surface area contributed by atoms with E-state index in [1.165, 1.54) is 19.2 Å². The van der Waals surface area contributed by atoms with Gasteiger partial charge in [0, 0.05) is 126 Å². The standard InChI is InChI=1S/C22H24N6O2.C22H23N5O2.C21H22N6O2.C20H23N7O2/c1-14-4-3-9-23-21(14)30-13-16-12-17-6-8-18(16)27(17)22(29)20-19(7-5-15(2)26-20)28-24-10-11-25-28;1-15-7-9-20(27-23-11-12-24-27)21(25-15)22(28)26-17-8-10-19(26)16(13-17)14-29-18-5-3-2-4-6-18;1-14-4-6-19(27-23-9-10-24-27)20(25-14)21(28)26-16-5-7-18(26)15(11-16)13-29-17-3-2-8-22-12-17;1-13-3-5-17(27-22-9-10-23-27)19(24-13)20(28)26-15-4-6-16(26)14(11-15)12-29-18-7-8-21-25(18)2/h3-5,7,9-11,16-18H,6,8,12-13H2,1-2H3;2-7,9,11-12,16-17,19H,8,10,13-14H2,1H3;2-4,6,8-10,12,15-16,18H,5,7,11,13H2,1H3;3,5,7-10,14-16H,4,6,11-12H2,1-2H3. The molecule has 11 aromatic heterocycles. The highest BCUT2D eigenvalue weighted by Crippen LogP contribution is 2.47. The SMILES string of the molecule is Cc1ccc(-n2nccn2)c(C(=O)N2C3CCC2C(COc2ccccc2)C3)n1.Cc1ccc(-n2nccn2)c(C(=O)N2C3CCC2C(COc2cccnc2)C3)n1.Cc1ccc(-n2nccn2)c(C(=O)N2C3CCC2C(COc2ccnn2C)C3)n1.Cc1ccc(-n2nccn2)c(C(=O)N2C3CCC2C(COc2ncccc2C)C3)n1. The zero-order valence-corrected chi connectivity index (χ0v) is 66.1. The summed E-state index contributed by atoms with van der Waals surface area (Å²) in [5, 5.41) is 37.7. The number of hydrogen-bond acceptors (Lipinski definition) is 23. The molecular formula is C85H92N24O8. The molecule has 12 atom stereocenters. The Kier molecular flexibility index (Phi) is 22.1. The molecule has 0 N–H and O–H groups in total. The Morgan fingerprint density at radius 1 is 0.342 bits per heavy atom. The summed E-state index contributed by atoms with van der Waals surface area (Å²) < 4.78 is 25.6. The minimum Gasteiger partial charge on any atom is -0.493 e. The maximum absolute atomic E-state index is 13.6. The normalized spacial score (nSPS) is 22.8. The van der Waals surface area contributed by atoms with Gasteiger partial charge in [0.05, 0.1) is 88.4 Å². The van der Waals surface area contributed by atoms with Gasteiger partial charge in [0.1, 0.15) is 34.2 Å². The number of ether oxygens (including phenoxy) is 4. The first-order valence-electron chi connectivity index (χ1n) is 40.2. The molecule has 600 valence electrons. The molecule has 8 fully saturated rings. The van der Waals surface area contributed by atoms with Crippen molar-refractivity contribution in [2.45, 2.75) is 160 Å². The summed E-state index contributed by atoms with van der Waals surface area (Å²) in [6, 6.07) is 35.9. The first-order chi connectivity index (χ1) is 57.1. The van der Waals surface area contributed by atoms with Crippen molar-refractivity contribution in [3.05, 3.63) is 235 Å². The lowest BCUT2D eigenvalue weighted by Gasteiger charge is -2.25. The molecular weight excluding hydrogens is 1490 g/mol. The summed E-state index contributed by atoms with van der Waals surface area (Å²) in [6.45, 7) is 11.9. The van der Waals surface area contributed by atoms with Gasteiger partial charge in [0.15, 0.2) is 22.8 Å². The molecule has 0 spiro atoms. The fourth-order valence-electron chi connectivity index (χ4n) is 18.6. The zero-order valence-electron chi connectivity index (χ0n) is 66.1. The molecule has 4 amide bonds. The van der Waals surface area contributed by atoms with Crippen LogP contribution in [-0.2, 0) is 7.05 Å². The van der Waals surface area contributed by atoms with Crippen LogP contribution in [0.1, 0.15) is 147 Å². The molecule has 8 saturated heterocycles. The number of rotatable bonds is 20. The smallest absolute Gasteiger partial charge is 0.275 e. The van der Waals surface area contributed by atoms with E-state index in [1.807, 2.05) is 170 Å². The van der Waals surface area contributed by atoms with E-state index in [2.05, 4.69) is 75.8 Å². The van der Waals surface area contributed by atoms with Crippen LogP contribution in [0.25, 0.3) is 22.7 Å². The van der Waals surface area contributed by atoms with E-state index in [9.17, 15) is 19.2 Å². The van der Waals surface area contributed by atoms with E-state index >= 15 is 0 Å². The van der Waals surface area contributed by atoms with Gasteiger partial charge in [0.25, 0.3) is 23.6 Å². The molecule has 12 unspecified atom stereocenters. The molecule has 8 aliphatic heterocycles. The fraction of sp³-hybridized carbons (Fsp3) is 0.400. The number of para-hydroxylation sites is 1. The van der Waals surface area contributed by atoms with Crippen LogP contribution >= 0.6 is 0 Å². The van der Waals surface area contributed by atoms with Crippen LogP contribution < -0.4 is 18.9 Å². The first-order valence-corrected chi connectivity index (χ1v) is 40.2. The summed E-state index contributed by atoms with van der Waals surface area (Å²) in [6.07, 6.45) is 31.7. The molecule has 8 bridgehead atoms. The van der Waals surface area contributed by atoms with Crippen molar-refractivity contribution in [2.24, 2.45) is 30.7 Å². The van der Waals surface area contributed by atoms with Gasteiger partial charge in [0.2, 0.25) is 11.8 Å². The van der Waals surface area contributed by atoms with E-state index in [-0.39, 0.29) is 72.0 Å². The van der Waals surface area contributed by atoms with E-state index < -0.39 is 0 Å². The highest BCUT2D eigenvalue weighted by molar-refractivity contribution is 5.99. The molecule has 117 heavy (non-hydrogen) atoms.